The average molecular weight is 147 g/mol. The van der Waals surface area contributed by atoms with Crippen molar-refractivity contribution >= 4 is 0 Å². The Balaban J connectivity index is -0.0000000267. The van der Waals surface area contributed by atoms with Gasteiger partial charge in [-0.05, 0) is 0 Å². The molecule has 4 N–H and O–H groups in total. The molecule has 7 heavy (non-hydrogen) atoms. The maximum absolute atomic E-state index is 8.80. The quantitative estimate of drug-likeness (QED) is 0.334. The van der Waals surface area contributed by atoms with Crippen molar-refractivity contribution < 1.29 is 55.2 Å². The summed E-state index contributed by atoms with van der Waals surface area (Å²) in [5.41, 5.74) is 0. The van der Waals surface area contributed by atoms with Crippen molar-refractivity contribution in [3.8, 4) is 0 Å². The third kappa shape index (κ3) is 391. The zero-order valence-electron chi connectivity index (χ0n) is 4.59. The number of rotatable bonds is 0. The van der Waals surface area contributed by atoms with E-state index in [2.05, 4.69) is 0 Å². The SMILES string of the molecule is O.[H-].[Li+].[O]=[Mn](=[O])([OH])[OH]. The first-order valence-corrected chi connectivity index (χ1v) is 2.67. The zero-order valence-corrected chi connectivity index (χ0v) is 4.77. The molecule has 0 atom stereocenters. The van der Waals surface area contributed by atoms with Crippen LogP contribution in [0, 0.1) is 0 Å². The predicted octanol–water partition coefficient (Wildman–Crippen LogP) is -5.06. The molecule has 0 heterocycles. The summed E-state index contributed by atoms with van der Waals surface area (Å²) in [5.74, 6) is 0. The van der Waals surface area contributed by atoms with Crippen LogP contribution >= 0.6 is 0 Å². The Morgan fingerprint density at radius 1 is 1.29 bits per heavy atom. The molecule has 0 amide bonds. The molecule has 43 valence electrons. The first-order chi connectivity index (χ1) is 2.00. The fraction of sp³-hybridized carbons (Fsp3) is 0. The van der Waals surface area contributed by atoms with Gasteiger partial charge < -0.3 is 6.90 Å². The minimum atomic E-state index is -5.12. The Hall–Kier alpha value is 0.597. The van der Waals surface area contributed by atoms with Crippen molar-refractivity contribution in [3.05, 3.63) is 0 Å². The normalized spacial score (nSPS) is 8.29. The second kappa shape index (κ2) is 4.75. The van der Waals surface area contributed by atoms with Crippen molar-refractivity contribution in [2.45, 2.75) is 0 Å². The van der Waals surface area contributed by atoms with E-state index in [1.807, 2.05) is 0 Å². The monoisotopic (exact) mass is 147 g/mol. The molecule has 0 aliphatic heterocycles. The number of hydrogen-bond acceptors (Lipinski definition) is 2. The first-order valence-electron chi connectivity index (χ1n) is 0.647. The minimum absolute atomic E-state index is 0. The van der Waals surface area contributed by atoms with Crippen LogP contribution in [0.4, 0.5) is 0 Å². The molecule has 0 aliphatic rings. The summed E-state index contributed by atoms with van der Waals surface area (Å²) in [6, 6.07) is 0. The summed E-state index contributed by atoms with van der Waals surface area (Å²) in [5, 5.41) is 0. The summed E-state index contributed by atoms with van der Waals surface area (Å²) in [4.78, 5) is 0. The van der Waals surface area contributed by atoms with Crippen molar-refractivity contribution in [1.82, 2.24) is 0 Å². The molecule has 0 aromatic heterocycles. The van der Waals surface area contributed by atoms with Gasteiger partial charge in [0.1, 0.15) is 0 Å². The van der Waals surface area contributed by atoms with Gasteiger partial charge in [0.15, 0.2) is 0 Å². The summed E-state index contributed by atoms with van der Waals surface area (Å²) >= 11 is -5.12. The molecule has 0 aliphatic carbocycles. The van der Waals surface area contributed by atoms with E-state index >= 15 is 0 Å². The molecule has 5 nitrogen and oxygen atoms in total. The number of hydrogen-bond donors (Lipinski definition) is 2. The Morgan fingerprint density at radius 3 is 1.29 bits per heavy atom. The molecule has 0 rings (SSSR count). The van der Waals surface area contributed by atoms with Crippen LogP contribution in [0.5, 0.6) is 0 Å². The van der Waals surface area contributed by atoms with Gasteiger partial charge in [0.05, 0.1) is 0 Å². The second-order valence-electron chi connectivity index (χ2n) is 0.415. The zero-order chi connectivity index (χ0) is 4.50. The van der Waals surface area contributed by atoms with Gasteiger partial charge in [-0.1, -0.05) is 0 Å². The van der Waals surface area contributed by atoms with Gasteiger partial charge in [-0.15, -0.1) is 0 Å². The average Bonchev–Trinajstić information content (AvgIpc) is 0.722. The van der Waals surface area contributed by atoms with E-state index in [1.165, 1.54) is 0 Å². The van der Waals surface area contributed by atoms with E-state index in [-0.39, 0.29) is 25.8 Å². The predicted molar refractivity (Wildman–Crippen MR) is 10.5 cm³/mol. The van der Waals surface area contributed by atoms with Crippen LogP contribution in [-0.4, -0.2) is 13.9 Å². The fourth-order valence-electron chi connectivity index (χ4n) is 0. The van der Waals surface area contributed by atoms with Crippen molar-refractivity contribution in [3.63, 3.8) is 0 Å². The fourth-order valence-corrected chi connectivity index (χ4v) is 0. The van der Waals surface area contributed by atoms with Gasteiger partial charge in [0.2, 0.25) is 0 Å². The molecule has 0 unspecified atom stereocenters. The van der Waals surface area contributed by atoms with Crippen LogP contribution in [0.2, 0.25) is 0 Å². The van der Waals surface area contributed by atoms with E-state index in [0.717, 1.165) is 0 Å². The molecule has 0 radical (unpaired) electrons. The van der Waals surface area contributed by atoms with Crippen LogP contribution in [0.15, 0.2) is 0 Å². The third-order valence-electron chi connectivity index (χ3n) is 0. The van der Waals surface area contributed by atoms with E-state index < -0.39 is 13.4 Å². The molecule has 0 bridgehead atoms. The van der Waals surface area contributed by atoms with Crippen LogP contribution < -0.4 is 18.9 Å². The van der Waals surface area contributed by atoms with Gasteiger partial charge in [-0.3, -0.25) is 0 Å². The Kier molecular flexibility index (Phi) is 10.6. The summed E-state index contributed by atoms with van der Waals surface area (Å²) in [6.45, 7) is 0. The van der Waals surface area contributed by atoms with Crippen molar-refractivity contribution in [2.24, 2.45) is 0 Å². The molecule has 0 saturated heterocycles. The Morgan fingerprint density at radius 2 is 1.29 bits per heavy atom. The van der Waals surface area contributed by atoms with Gasteiger partial charge >= 0.3 is 48.3 Å². The van der Waals surface area contributed by atoms with Gasteiger partial charge in [-0.25, -0.2) is 0 Å². The first kappa shape index (κ1) is 15.6. The summed E-state index contributed by atoms with van der Waals surface area (Å²) in [6.07, 6.45) is 0. The van der Waals surface area contributed by atoms with Crippen LogP contribution in [0.1, 0.15) is 1.43 Å². The second-order valence-corrected chi connectivity index (χ2v) is 1.71. The van der Waals surface area contributed by atoms with Crippen LogP contribution in [0.3, 0.4) is 0 Å². The summed E-state index contributed by atoms with van der Waals surface area (Å²) in [7, 11) is 0. The van der Waals surface area contributed by atoms with Gasteiger partial charge in [0, 0.05) is 0 Å². The van der Waals surface area contributed by atoms with Crippen LogP contribution in [0.25, 0.3) is 0 Å². The van der Waals surface area contributed by atoms with Crippen molar-refractivity contribution in [1.29, 1.82) is 0 Å². The Labute approximate surface area is 55.6 Å². The molecule has 7 heteroatoms. The van der Waals surface area contributed by atoms with E-state index in [1.54, 1.807) is 0 Å². The molecule has 0 fully saturated rings. The molecule has 0 saturated carbocycles. The molecule has 0 spiro atoms. The van der Waals surface area contributed by atoms with Gasteiger partial charge in [0.25, 0.3) is 0 Å². The Bertz CT molecular complexity index is 95.6. The van der Waals surface area contributed by atoms with Gasteiger partial charge in [-0.2, -0.15) is 0 Å². The molecule has 0 aromatic carbocycles. The van der Waals surface area contributed by atoms with E-state index in [9.17, 15) is 0 Å². The molecular weight excluding hydrogens is 142 g/mol. The standard InChI is InChI=1S/Li.Mn.3H2O.2O.H/h;;3*1H2;;;/q+1;+2;;;;;;-1/p-2. The molecule has 0 aromatic rings. The summed E-state index contributed by atoms with van der Waals surface area (Å²) < 4.78 is 31.8. The topological polar surface area (TPSA) is 106 Å². The van der Waals surface area contributed by atoms with E-state index in [0.29, 0.717) is 0 Å². The third-order valence-corrected chi connectivity index (χ3v) is 0. The van der Waals surface area contributed by atoms with E-state index in [4.69, 9.17) is 16.0 Å². The van der Waals surface area contributed by atoms with Crippen molar-refractivity contribution in [2.75, 3.05) is 0 Å². The molecular formula is H5LiMnO5. The maximum atomic E-state index is 8.80. The van der Waals surface area contributed by atoms with Crippen LogP contribution in [-0.2, 0) is 21.0 Å².